The molecule has 0 N–H and O–H groups in total. The maximum Gasteiger partial charge on any atom is 0.332 e. The second kappa shape index (κ2) is 22.2. The van der Waals surface area contributed by atoms with Crippen LogP contribution in [0.5, 0.6) is 0 Å². The van der Waals surface area contributed by atoms with Crippen molar-refractivity contribution in [3.8, 4) is 0 Å². The van der Waals surface area contributed by atoms with Crippen molar-refractivity contribution in [3.05, 3.63) is 0 Å². The Bertz CT molecular complexity index is 730. The van der Waals surface area contributed by atoms with Crippen LogP contribution in [0.1, 0.15) is 91.9 Å². The van der Waals surface area contributed by atoms with Gasteiger partial charge in [-0.1, -0.05) is 0 Å². The van der Waals surface area contributed by atoms with Crippen molar-refractivity contribution < 1.29 is 47.9 Å². The van der Waals surface area contributed by atoms with Crippen molar-refractivity contribution in [3.63, 3.8) is 0 Å². The van der Waals surface area contributed by atoms with Gasteiger partial charge in [-0.15, -0.1) is 5.06 Å². The molecule has 0 aromatic rings. The molecule has 39 heavy (non-hydrogen) atoms. The topological polar surface area (TPSA) is 146 Å². The molecule has 0 spiro atoms. The fraction of sp³-hybridized carbons (Fsp3) is 0.778. The van der Waals surface area contributed by atoms with Crippen LogP contribution in [0.4, 0.5) is 0 Å². The number of rotatable bonds is 20. The van der Waals surface area contributed by atoms with E-state index in [9.17, 15) is 28.8 Å². The summed E-state index contributed by atoms with van der Waals surface area (Å²) < 4.78 is 11.9. The van der Waals surface area contributed by atoms with Gasteiger partial charge in [-0.25, -0.2) is 4.79 Å². The molecule has 0 bridgehead atoms. The predicted molar refractivity (Wildman–Crippen MR) is 143 cm³/mol. The number of hydroxylamine groups is 4. The van der Waals surface area contributed by atoms with Crippen molar-refractivity contribution in [1.29, 1.82) is 0 Å². The van der Waals surface area contributed by atoms with E-state index < -0.39 is 23.1 Å². The lowest BCUT2D eigenvalue weighted by Gasteiger charge is -2.30. The maximum atomic E-state index is 11.9. The number of aldehydes is 3. The van der Waals surface area contributed by atoms with E-state index >= 15 is 0 Å². The molecule has 0 saturated carbocycles. The van der Waals surface area contributed by atoms with Gasteiger partial charge in [-0.3, -0.25) is 9.59 Å². The summed E-state index contributed by atoms with van der Waals surface area (Å²) in [5, 5.41) is 2.24. The van der Waals surface area contributed by atoms with E-state index in [1.54, 1.807) is 14.1 Å². The number of carbonyl (C=O) groups excluding carboxylic acids is 6. The average Bonchev–Trinajstić information content (AvgIpc) is 2.83. The van der Waals surface area contributed by atoms with E-state index in [0.29, 0.717) is 64.4 Å². The Kier molecular flexibility index (Phi) is 21.8. The number of hydrogen-bond donors (Lipinski definition) is 0. The van der Waals surface area contributed by atoms with Crippen LogP contribution in [-0.2, 0) is 47.9 Å². The molecular formula is C27H48N2O10. The molecule has 0 aliphatic carbocycles. The average molecular weight is 561 g/mol. The van der Waals surface area contributed by atoms with Gasteiger partial charge in [-0.2, -0.15) is 5.06 Å². The van der Waals surface area contributed by atoms with Gasteiger partial charge in [0.15, 0.2) is 0 Å². The number of nitrogens with zero attached hydrogens (tertiary/aromatic N) is 2. The third-order valence-electron chi connectivity index (χ3n) is 5.13. The molecular weight excluding hydrogens is 512 g/mol. The van der Waals surface area contributed by atoms with E-state index in [1.165, 1.54) is 12.1 Å². The summed E-state index contributed by atoms with van der Waals surface area (Å²) in [5.74, 6) is -1.21. The van der Waals surface area contributed by atoms with E-state index in [1.807, 2.05) is 27.7 Å². The van der Waals surface area contributed by atoms with Gasteiger partial charge in [0.2, 0.25) is 0 Å². The van der Waals surface area contributed by atoms with E-state index in [2.05, 4.69) is 0 Å². The first-order chi connectivity index (χ1) is 18.2. The van der Waals surface area contributed by atoms with Crippen LogP contribution in [0.2, 0.25) is 0 Å². The van der Waals surface area contributed by atoms with Crippen molar-refractivity contribution in [2.75, 3.05) is 34.4 Å². The zero-order valence-electron chi connectivity index (χ0n) is 24.7. The maximum absolute atomic E-state index is 11.9. The molecule has 1 amide bonds. The Morgan fingerprint density at radius 1 is 0.641 bits per heavy atom. The van der Waals surface area contributed by atoms with Gasteiger partial charge in [0, 0.05) is 66.3 Å². The van der Waals surface area contributed by atoms with Crippen LogP contribution in [0.25, 0.3) is 0 Å². The first-order valence-corrected chi connectivity index (χ1v) is 13.1. The van der Waals surface area contributed by atoms with E-state index in [0.717, 1.165) is 17.6 Å². The summed E-state index contributed by atoms with van der Waals surface area (Å²) in [4.78, 5) is 74.1. The molecule has 0 aliphatic heterocycles. The lowest BCUT2D eigenvalue weighted by molar-refractivity contribution is -0.193. The molecule has 0 heterocycles. The lowest BCUT2D eigenvalue weighted by Crippen LogP contribution is -2.32. The highest BCUT2D eigenvalue weighted by atomic mass is 16.7. The molecule has 226 valence electrons. The molecule has 0 radical (unpaired) electrons. The summed E-state index contributed by atoms with van der Waals surface area (Å²) in [5.41, 5.74) is -0.829. The number of unbranched alkanes of at least 4 members (excludes halogenated alkanes) is 1. The highest BCUT2D eigenvalue weighted by Crippen LogP contribution is 2.22. The summed E-state index contributed by atoms with van der Waals surface area (Å²) in [6.45, 7) is 8.80. The van der Waals surface area contributed by atoms with Crippen molar-refractivity contribution in [1.82, 2.24) is 10.1 Å². The third-order valence-corrected chi connectivity index (χ3v) is 5.13. The fourth-order valence-electron chi connectivity index (χ4n) is 2.92. The largest absolute Gasteiger partial charge is 0.375 e. The predicted octanol–water partition coefficient (Wildman–Crippen LogP) is 3.00. The number of hydrogen-bond acceptors (Lipinski definition) is 11. The van der Waals surface area contributed by atoms with Gasteiger partial charge in [-0.05, 0) is 53.4 Å². The SMILES string of the molecule is CN(C)OC(=O)CCCOC(C)(C)CCOC(C)(C)CCCC(=O)ON(C)C(=O)CCC=O.O=CCCC=O. The van der Waals surface area contributed by atoms with E-state index in [-0.39, 0.29) is 25.2 Å². The minimum atomic E-state index is -0.503. The first kappa shape index (κ1) is 38.4. The number of carbonyl (C=O) groups is 6. The Morgan fingerprint density at radius 2 is 1.13 bits per heavy atom. The van der Waals surface area contributed by atoms with Gasteiger partial charge in [0.1, 0.15) is 18.9 Å². The minimum Gasteiger partial charge on any atom is -0.375 e. The zero-order valence-corrected chi connectivity index (χ0v) is 24.7. The van der Waals surface area contributed by atoms with Crippen LogP contribution >= 0.6 is 0 Å². The molecule has 0 aromatic heterocycles. The second-order valence-corrected chi connectivity index (χ2v) is 10.2. The van der Waals surface area contributed by atoms with Crippen LogP contribution in [0.3, 0.4) is 0 Å². The molecule has 12 heteroatoms. The molecule has 0 atom stereocenters. The molecule has 0 rings (SSSR count). The molecule has 12 nitrogen and oxygen atoms in total. The molecule has 0 aromatic carbocycles. The van der Waals surface area contributed by atoms with Crippen LogP contribution in [0, 0.1) is 0 Å². The Balaban J connectivity index is 0. The highest BCUT2D eigenvalue weighted by molar-refractivity contribution is 5.79. The molecule has 0 fully saturated rings. The molecule has 0 saturated heterocycles. The summed E-state index contributed by atoms with van der Waals surface area (Å²) in [7, 11) is 4.67. The molecule has 0 unspecified atom stereocenters. The lowest BCUT2D eigenvalue weighted by atomic mass is 10.0. The zero-order chi connectivity index (χ0) is 30.3. The van der Waals surface area contributed by atoms with Crippen molar-refractivity contribution >= 4 is 36.7 Å². The van der Waals surface area contributed by atoms with Gasteiger partial charge in [0.05, 0.1) is 17.8 Å². The highest BCUT2D eigenvalue weighted by Gasteiger charge is 2.23. The fourth-order valence-corrected chi connectivity index (χ4v) is 2.92. The van der Waals surface area contributed by atoms with E-state index in [4.69, 9.17) is 19.1 Å². The quantitative estimate of drug-likeness (QED) is 0.123. The normalized spacial score (nSPS) is 11.2. The smallest absolute Gasteiger partial charge is 0.332 e. The van der Waals surface area contributed by atoms with Crippen LogP contribution < -0.4 is 0 Å². The van der Waals surface area contributed by atoms with Gasteiger partial charge >= 0.3 is 11.9 Å². The van der Waals surface area contributed by atoms with Gasteiger partial charge < -0.3 is 33.5 Å². The summed E-state index contributed by atoms with van der Waals surface area (Å²) in [6, 6.07) is 0. The summed E-state index contributed by atoms with van der Waals surface area (Å²) in [6.07, 6.45) is 5.84. The molecule has 0 aliphatic rings. The van der Waals surface area contributed by atoms with Crippen molar-refractivity contribution in [2.24, 2.45) is 0 Å². The Morgan fingerprint density at radius 3 is 1.67 bits per heavy atom. The monoisotopic (exact) mass is 560 g/mol. The standard InChI is InChI=1S/C23H42N2O8.C4H6O2/c1-22(2,14-8-12-21(29)33-25(7)19(27)11-9-16-26)31-18-15-23(3,4)30-17-10-13-20(28)32-24(5)6;5-3-1-2-4-6/h16H,8-15,17-18H2,1-7H3;3-4H,1-2H2. The number of amides is 1. The second-order valence-electron chi connectivity index (χ2n) is 10.2. The minimum absolute atomic E-state index is 0.0111. The number of ether oxygens (including phenoxy) is 2. The van der Waals surface area contributed by atoms with Crippen LogP contribution in [-0.4, -0.2) is 92.4 Å². The van der Waals surface area contributed by atoms with Crippen LogP contribution in [0.15, 0.2) is 0 Å². The Labute approximate surface area is 232 Å². The van der Waals surface area contributed by atoms with Gasteiger partial charge in [0.25, 0.3) is 5.91 Å². The summed E-state index contributed by atoms with van der Waals surface area (Å²) >= 11 is 0. The first-order valence-electron chi connectivity index (χ1n) is 13.1. The van der Waals surface area contributed by atoms with Crippen molar-refractivity contribution in [2.45, 2.75) is 103 Å². The third kappa shape index (κ3) is 25.3. The Hall–Kier alpha value is -2.70.